The highest BCUT2D eigenvalue weighted by molar-refractivity contribution is 6.30. The third-order valence-corrected chi connectivity index (χ3v) is 6.82. The largest absolute Gasteiger partial charge is 0.494 e. The van der Waals surface area contributed by atoms with E-state index in [1.807, 2.05) is 18.2 Å². The zero-order valence-corrected chi connectivity index (χ0v) is 21.8. The van der Waals surface area contributed by atoms with Crippen LogP contribution in [0.3, 0.4) is 0 Å². The minimum Gasteiger partial charge on any atom is -0.494 e. The number of aromatic nitrogens is 4. The van der Waals surface area contributed by atoms with Crippen molar-refractivity contribution in [3.63, 3.8) is 0 Å². The first-order valence-electron chi connectivity index (χ1n) is 12.3. The van der Waals surface area contributed by atoms with Crippen LogP contribution < -0.4 is 14.5 Å². The molecule has 1 saturated heterocycles. The molecule has 1 aliphatic rings. The first-order chi connectivity index (χ1) is 17.5. The van der Waals surface area contributed by atoms with Crippen LogP contribution in [0.15, 0.2) is 48.8 Å². The monoisotopic (exact) mass is 505 g/mol. The SMILES string of the molecule is Cc1ccc(Cl)cc1N1CCN(c2ncnc3n[nH]c(-c4ccc(OCCCN(C)C)cc4)c23)CC1. The molecular weight excluding hydrogens is 474 g/mol. The van der Waals surface area contributed by atoms with Gasteiger partial charge in [0.05, 0.1) is 17.7 Å². The van der Waals surface area contributed by atoms with E-state index in [0.717, 1.165) is 72.4 Å². The lowest BCUT2D eigenvalue weighted by Gasteiger charge is -2.37. The Bertz CT molecular complexity index is 1310. The Morgan fingerprint density at radius 3 is 2.50 bits per heavy atom. The second-order valence-electron chi connectivity index (χ2n) is 9.43. The van der Waals surface area contributed by atoms with Gasteiger partial charge in [-0.1, -0.05) is 17.7 Å². The average Bonchev–Trinajstić information content (AvgIpc) is 3.33. The van der Waals surface area contributed by atoms with Gasteiger partial charge in [0.1, 0.15) is 17.9 Å². The third kappa shape index (κ3) is 5.24. The maximum absolute atomic E-state index is 6.27. The number of fused-ring (bicyclic) bond motifs is 1. The number of hydrogen-bond donors (Lipinski definition) is 1. The zero-order chi connectivity index (χ0) is 25.1. The molecule has 9 heteroatoms. The summed E-state index contributed by atoms with van der Waals surface area (Å²) in [6.45, 7) is 7.31. The van der Waals surface area contributed by atoms with Gasteiger partial charge in [-0.15, -0.1) is 0 Å². The van der Waals surface area contributed by atoms with Crippen molar-refractivity contribution in [2.75, 3.05) is 63.2 Å². The molecule has 1 aliphatic heterocycles. The lowest BCUT2D eigenvalue weighted by molar-refractivity contribution is 0.281. The zero-order valence-electron chi connectivity index (χ0n) is 21.0. The summed E-state index contributed by atoms with van der Waals surface area (Å²) in [5.74, 6) is 1.78. The van der Waals surface area contributed by atoms with E-state index in [2.05, 4.69) is 80.1 Å². The highest BCUT2D eigenvalue weighted by Crippen LogP contribution is 2.34. The predicted molar refractivity (Wildman–Crippen MR) is 146 cm³/mol. The summed E-state index contributed by atoms with van der Waals surface area (Å²) in [4.78, 5) is 16.0. The van der Waals surface area contributed by atoms with Gasteiger partial charge >= 0.3 is 0 Å². The van der Waals surface area contributed by atoms with E-state index in [-0.39, 0.29) is 0 Å². The summed E-state index contributed by atoms with van der Waals surface area (Å²) in [6, 6.07) is 14.2. The van der Waals surface area contributed by atoms with E-state index >= 15 is 0 Å². The number of H-pyrrole nitrogens is 1. The molecule has 4 aromatic rings. The normalized spacial score (nSPS) is 14.1. The molecule has 0 radical (unpaired) electrons. The Labute approximate surface area is 216 Å². The van der Waals surface area contributed by atoms with Gasteiger partial charge in [-0.2, -0.15) is 5.10 Å². The number of aromatic amines is 1. The number of rotatable bonds is 8. The molecule has 1 N–H and O–H groups in total. The van der Waals surface area contributed by atoms with Crippen LogP contribution in [0.1, 0.15) is 12.0 Å². The van der Waals surface area contributed by atoms with Crippen molar-refractivity contribution in [3.05, 3.63) is 59.4 Å². The molecule has 0 saturated carbocycles. The highest BCUT2D eigenvalue weighted by Gasteiger charge is 2.24. The number of piperazine rings is 1. The summed E-state index contributed by atoms with van der Waals surface area (Å²) in [7, 11) is 4.14. The molecule has 3 heterocycles. The summed E-state index contributed by atoms with van der Waals surface area (Å²) in [6.07, 6.45) is 2.59. The van der Waals surface area contributed by atoms with Gasteiger partial charge in [-0.3, -0.25) is 5.10 Å². The van der Waals surface area contributed by atoms with Crippen molar-refractivity contribution >= 4 is 34.1 Å². The van der Waals surface area contributed by atoms with Crippen LogP contribution in [-0.2, 0) is 0 Å². The van der Waals surface area contributed by atoms with E-state index in [4.69, 9.17) is 16.3 Å². The molecule has 0 amide bonds. The van der Waals surface area contributed by atoms with Crippen LogP contribution in [0.5, 0.6) is 5.75 Å². The lowest BCUT2D eigenvalue weighted by atomic mass is 10.1. The number of hydrogen-bond acceptors (Lipinski definition) is 7. The van der Waals surface area contributed by atoms with E-state index in [1.54, 1.807) is 6.33 Å². The molecule has 0 unspecified atom stereocenters. The molecular formula is C27H32ClN7O. The first-order valence-corrected chi connectivity index (χ1v) is 12.7. The molecule has 0 atom stereocenters. The van der Waals surface area contributed by atoms with Gasteiger partial charge in [0, 0.05) is 49.0 Å². The predicted octanol–water partition coefficient (Wildman–Crippen LogP) is 4.64. The Kier molecular flexibility index (Phi) is 7.25. The molecule has 5 rings (SSSR count). The van der Waals surface area contributed by atoms with Gasteiger partial charge < -0.3 is 19.4 Å². The number of benzene rings is 2. The van der Waals surface area contributed by atoms with Gasteiger partial charge in [-0.05, 0) is 69.4 Å². The van der Waals surface area contributed by atoms with Crippen LogP contribution >= 0.6 is 11.6 Å². The quantitative estimate of drug-likeness (QED) is 0.350. The molecule has 2 aromatic carbocycles. The summed E-state index contributed by atoms with van der Waals surface area (Å²) < 4.78 is 5.90. The Hall–Kier alpha value is -3.36. The number of anilines is 2. The van der Waals surface area contributed by atoms with Crippen LogP contribution in [-0.4, -0.2) is 78.5 Å². The fraction of sp³-hybridized carbons (Fsp3) is 0.370. The topological polar surface area (TPSA) is 73.4 Å². The van der Waals surface area contributed by atoms with E-state index < -0.39 is 0 Å². The maximum Gasteiger partial charge on any atom is 0.186 e. The molecule has 36 heavy (non-hydrogen) atoms. The third-order valence-electron chi connectivity index (χ3n) is 6.58. The van der Waals surface area contributed by atoms with Crippen LogP contribution in [0, 0.1) is 6.92 Å². The van der Waals surface area contributed by atoms with Gasteiger partial charge in [0.25, 0.3) is 0 Å². The molecule has 1 fully saturated rings. The summed E-state index contributed by atoms with van der Waals surface area (Å²) in [5, 5.41) is 9.38. The van der Waals surface area contributed by atoms with Crippen LogP contribution in [0.2, 0.25) is 5.02 Å². The smallest absolute Gasteiger partial charge is 0.186 e. The Morgan fingerprint density at radius 1 is 1.00 bits per heavy atom. The second-order valence-corrected chi connectivity index (χ2v) is 9.87. The lowest BCUT2D eigenvalue weighted by Crippen LogP contribution is -2.47. The van der Waals surface area contributed by atoms with Crippen LogP contribution in [0.25, 0.3) is 22.3 Å². The number of halogens is 1. The Morgan fingerprint density at radius 2 is 1.75 bits per heavy atom. The molecule has 0 aliphatic carbocycles. The van der Waals surface area contributed by atoms with E-state index in [0.29, 0.717) is 12.3 Å². The van der Waals surface area contributed by atoms with E-state index in [9.17, 15) is 0 Å². The van der Waals surface area contributed by atoms with Gasteiger partial charge in [0.2, 0.25) is 0 Å². The maximum atomic E-state index is 6.27. The van der Waals surface area contributed by atoms with Gasteiger partial charge in [-0.25, -0.2) is 9.97 Å². The fourth-order valence-corrected chi connectivity index (χ4v) is 4.83. The minimum atomic E-state index is 0.673. The number of aryl methyl sites for hydroxylation is 1. The second kappa shape index (κ2) is 10.7. The average molecular weight is 506 g/mol. The molecule has 188 valence electrons. The standard InChI is InChI=1S/C27H32ClN7O/c1-19-5-8-21(28)17-23(19)34-12-14-35(15-13-34)27-24-25(31-32-26(24)29-18-30-27)20-6-9-22(10-7-20)36-16-4-11-33(2)3/h5-10,17-18H,4,11-16H2,1-3H3,(H,29,30,31,32). The molecule has 8 nitrogen and oxygen atoms in total. The number of nitrogens with zero attached hydrogens (tertiary/aromatic N) is 6. The van der Waals surface area contributed by atoms with Crippen molar-refractivity contribution in [2.24, 2.45) is 0 Å². The summed E-state index contributed by atoms with van der Waals surface area (Å²) >= 11 is 6.27. The highest BCUT2D eigenvalue weighted by atomic mass is 35.5. The van der Waals surface area contributed by atoms with Crippen LogP contribution in [0.4, 0.5) is 11.5 Å². The molecule has 0 spiro atoms. The van der Waals surface area contributed by atoms with Crippen molar-refractivity contribution < 1.29 is 4.74 Å². The number of nitrogens with one attached hydrogen (secondary N) is 1. The number of ether oxygens (including phenoxy) is 1. The molecule has 2 aromatic heterocycles. The fourth-order valence-electron chi connectivity index (χ4n) is 4.66. The van der Waals surface area contributed by atoms with Crippen molar-refractivity contribution in [1.82, 2.24) is 25.1 Å². The summed E-state index contributed by atoms with van der Waals surface area (Å²) in [5.41, 5.74) is 5.06. The molecule has 0 bridgehead atoms. The van der Waals surface area contributed by atoms with E-state index in [1.165, 1.54) is 11.3 Å². The Balaban J connectivity index is 1.33. The van der Waals surface area contributed by atoms with Crippen molar-refractivity contribution in [2.45, 2.75) is 13.3 Å². The van der Waals surface area contributed by atoms with Crippen molar-refractivity contribution in [3.8, 4) is 17.0 Å². The first kappa shape index (κ1) is 24.3. The minimum absolute atomic E-state index is 0.673. The van der Waals surface area contributed by atoms with Gasteiger partial charge in [0.15, 0.2) is 5.65 Å². The van der Waals surface area contributed by atoms with Crippen molar-refractivity contribution in [1.29, 1.82) is 0 Å².